The van der Waals surface area contributed by atoms with Crippen molar-refractivity contribution in [3.05, 3.63) is 70.9 Å². The monoisotopic (exact) mass is 391 g/mol. The number of aryl methyl sites for hydroxylation is 1. The van der Waals surface area contributed by atoms with Crippen molar-refractivity contribution in [3.63, 3.8) is 0 Å². The number of amides is 1. The van der Waals surface area contributed by atoms with Crippen LogP contribution in [-0.2, 0) is 10.0 Å². The van der Waals surface area contributed by atoms with Crippen LogP contribution in [0.5, 0.6) is 0 Å². The number of aromatic nitrogens is 1. The average Bonchev–Trinajstić information content (AvgIpc) is 3.01. The molecule has 1 heterocycles. The highest BCUT2D eigenvalue weighted by molar-refractivity contribution is 7.92. The number of anilines is 2. The van der Waals surface area contributed by atoms with Crippen LogP contribution >= 0.6 is 11.6 Å². The van der Waals surface area contributed by atoms with Crippen LogP contribution in [0.1, 0.15) is 16.1 Å². The van der Waals surface area contributed by atoms with Crippen LogP contribution in [0.4, 0.5) is 11.5 Å². The van der Waals surface area contributed by atoms with E-state index < -0.39 is 15.9 Å². The predicted octanol–water partition coefficient (Wildman–Crippen LogP) is 3.69. The van der Waals surface area contributed by atoms with E-state index in [9.17, 15) is 13.2 Å². The molecule has 0 bridgehead atoms. The van der Waals surface area contributed by atoms with Gasteiger partial charge in [0, 0.05) is 11.6 Å². The Morgan fingerprint density at radius 1 is 1.12 bits per heavy atom. The quantitative estimate of drug-likeness (QED) is 0.690. The van der Waals surface area contributed by atoms with Crippen molar-refractivity contribution in [3.8, 4) is 0 Å². The number of hydrogen-bond donors (Lipinski definition) is 2. The van der Waals surface area contributed by atoms with Gasteiger partial charge in [0.05, 0.1) is 15.6 Å². The third-order valence-corrected chi connectivity index (χ3v) is 5.12. The highest BCUT2D eigenvalue weighted by atomic mass is 35.5. The lowest BCUT2D eigenvalue weighted by Crippen LogP contribution is -2.15. The summed E-state index contributed by atoms with van der Waals surface area (Å²) >= 11 is 6.00. The second-order valence-electron chi connectivity index (χ2n) is 5.39. The largest absolute Gasteiger partial charge is 0.360 e. The van der Waals surface area contributed by atoms with Gasteiger partial charge in [0.25, 0.3) is 15.9 Å². The summed E-state index contributed by atoms with van der Waals surface area (Å²) in [6, 6.07) is 13.8. The van der Waals surface area contributed by atoms with Crippen molar-refractivity contribution in [1.29, 1.82) is 0 Å². The van der Waals surface area contributed by atoms with Crippen molar-refractivity contribution in [2.24, 2.45) is 0 Å². The fourth-order valence-corrected chi connectivity index (χ4v) is 3.32. The fraction of sp³-hybridized carbons (Fsp3) is 0.0588. The van der Waals surface area contributed by atoms with E-state index in [1.54, 1.807) is 31.2 Å². The Morgan fingerprint density at radius 3 is 2.42 bits per heavy atom. The molecule has 0 atom stereocenters. The third-order valence-electron chi connectivity index (χ3n) is 3.42. The summed E-state index contributed by atoms with van der Waals surface area (Å²) in [5.41, 5.74) is 0.764. The van der Waals surface area contributed by atoms with Gasteiger partial charge in [-0.05, 0) is 43.3 Å². The summed E-state index contributed by atoms with van der Waals surface area (Å²) in [5.74, 6) is 0.166. The van der Waals surface area contributed by atoms with Gasteiger partial charge in [-0.3, -0.25) is 9.52 Å². The van der Waals surface area contributed by atoms with E-state index in [0.717, 1.165) is 0 Å². The summed E-state index contributed by atoms with van der Waals surface area (Å²) in [4.78, 5) is 12.3. The molecular weight excluding hydrogens is 378 g/mol. The van der Waals surface area contributed by atoms with Crippen LogP contribution in [-0.4, -0.2) is 19.5 Å². The lowest BCUT2D eigenvalue weighted by atomic mass is 10.2. The van der Waals surface area contributed by atoms with E-state index in [1.165, 1.54) is 30.3 Å². The molecule has 134 valence electrons. The van der Waals surface area contributed by atoms with Gasteiger partial charge >= 0.3 is 0 Å². The van der Waals surface area contributed by atoms with Gasteiger partial charge in [-0.15, -0.1) is 0 Å². The minimum absolute atomic E-state index is 0.00699. The number of sulfonamides is 1. The lowest BCUT2D eigenvalue weighted by Gasteiger charge is -2.08. The van der Waals surface area contributed by atoms with Crippen molar-refractivity contribution < 1.29 is 17.7 Å². The fourth-order valence-electron chi connectivity index (χ4n) is 2.15. The molecular formula is C17H14ClN3O4S. The maximum absolute atomic E-state index is 12.3. The van der Waals surface area contributed by atoms with Gasteiger partial charge in [-0.1, -0.05) is 28.9 Å². The Labute approximate surface area is 155 Å². The standard InChI is InChI=1S/C17H14ClN3O4S/c1-11-10-16(20-25-11)21-26(23,24)13-8-6-12(7-9-13)17(22)19-15-5-3-2-4-14(15)18/h2-10H,1H3,(H,19,22)(H,20,21). The molecule has 0 aliphatic carbocycles. The van der Waals surface area contributed by atoms with Gasteiger partial charge in [0.2, 0.25) is 0 Å². The van der Waals surface area contributed by atoms with Crippen molar-refractivity contribution >= 4 is 39.0 Å². The van der Waals surface area contributed by atoms with Crippen LogP contribution in [0.15, 0.2) is 64.0 Å². The number of rotatable bonds is 5. The molecule has 0 aliphatic heterocycles. The summed E-state index contributed by atoms with van der Waals surface area (Å²) in [6.07, 6.45) is 0. The summed E-state index contributed by atoms with van der Waals surface area (Å²) in [5, 5.41) is 6.66. The molecule has 0 spiro atoms. The van der Waals surface area contributed by atoms with E-state index in [2.05, 4.69) is 15.2 Å². The first-order valence-electron chi connectivity index (χ1n) is 7.47. The minimum Gasteiger partial charge on any atom is -0.360 e. The Morgan fingerprint density at radius 2 is 1.81 bits per heavy atom. The average molecular weight is 392 g/mol. The Balaban J connectivity index is 1.75. The molecule has 0 aliphatic rings. The van der Waals surface area contributed by atoms with Gasteiger partial charge in [0.15, 0.2) is 5.82 Å². The predicted molar refractivity (Wildman–Crippen MR) is 97.9 cm³/mol. The molecule has 0 unspecified atom stereocenters. The third kappa shape index (κ3) is 4.04. The number of nitrogens with zero attached hydrogens (tertiary/aromatic N) is 1. The molecule has 1 amide bonds. The summed E-state index contributed by atoms with van der Waals surface area (Å²) < 4.78 is 31.8. The summed E-state index contributed by atoms with van der Waals surface area (Å²) in [7, 11) is -3.83. The Hall–Kier alpha value is -2.84. The highest BCUT2D eigenvalue weighted by Crippen LogP contribution is 2.22. The maximum atomic E-state index is 12.3. The molecule has 2 N–H and O–H groups in total. The van der Waals surface area contributed by atoms with Crippen LogP contribution in [0.25, 0.3) is 0 Å². The van der Waals surface area contributed by atoms with Crippen molar-refractivity contribution in [1.82, 2.24) is 5.16 Å². The molecule has 1 aromatic heterocycles. The normalized spacial score (nSPS) is 11.2. The zero-order chi connectivity index (χ0) is 18.7. The number of para-hydroxylation sites is 1. The SMILES string of the molecule is Cc1cc(NS(=O)(=O)c2ccc(C(=O)Nc3ccccc3Cl)cc2)no1. The Bertz CT molecular complexity index is 1050. The molecule has 26 heavy (non-hydrogen) atoms. The van der Waals surface area contributed by atoms with Crippen LogP contribution < -0.4 is 10.0 Å². The molecule has 7 nitrogen and oxygen atoms in total. The second kappa shape index (κ2) is 7.19. The number of benzene rings is 2. The van der Waals surface area contributed by atoms with E-state index in [0.29, 0.717) is 22.0 Å². The van der Waals surface area contributed by atoms with Gasteiger partial charge < -0.3 is 9.84 Å². The minimum atomic E-state index is -3.83. The highest BCUT2D eigenvalue weighted by Gasteiger charge is 2.17. The second-order valence-corrected chi connectivity index (χ2v) is 7.48. The first-order valence-corrected chi connectivity index (χ1v) is 9.33. The first-order chi connectivity index (χ1) is 12.3. The number of nitrogens with one attached hydrogen (secondary N) is 2. The van der Waals surface area contributed by atoms with E-state index in [-0.39, 0.29) is 10.7 Å². The van der Waals surface area contributed by atoms with Gasteiger partial charge in [-0.2, -0.15) is 0 Å². The van der Waals surface area contributed by atoms with Crippen molar-refractivity contribution in [2.75, 3.05) is 10.0 Å². The van der Waals surface area contributed by atoms with Crippen LogP contribution in [0, 0.1) is 6.92 Å². The van der Waals surface area contributed by atoms with Crippen molar-refractivity contribution in [2.45, 2.75) is 11.8 Å². The molecule has 0 radical (unpaired) electrons. The summed E-state index contributed by atoms with van der Waals surface area (Å²) in [6.45, 7) is 1.65. The van der Waals surface area contributed by atoms with E-state index >= 15 is 0 Å². The molecule has 3 rings (SSSR count). The molecule has 0 saturated carbocycles. The molecule has 0 saturated heterocycles. The molecule has 3 aromatic rings. The van der Waals surface area contributed by atoms with Crippen LogP contribution in [0.3, 0.4) is 0 Å². The smallest absolute Gasteiger partial charge is 0.263 e. The number of carbonyl (C=O) groups is 1. The molecule has 0 fully saturated rings. The zero-order valence-corrected chi connectivity index (χ0v) is 15.1. The van der Waals surface area contributed by atoms with Crippen LogP contribution in [0.2, 0.25) is 5.02 Å². The number of halogens is 1. The number of hydrogen-bond acceptors (Lipinski definition) is 5. The first kappa shape index (κ1) is 18.0. The van der Waals surface area contributed by atoms with Gasteiger partial charge in [-0.25, -0.2) is 8.42 Å². The lowest BCUT2D eigenvalue weighted by molar-refractivity contribution is 0.102. The molecule has 9 heteroatoms. The van der Waals surface area contributed by atoms with E-state index in [1.807, 2.05) is 0 Å². The van der Waals surface area contributed by atoms with Gasteiger partial charge in [0.1, 0.15) is 5.76 Å². The topological polar surface area (TPSA) is 101 Å². The molecule has 2 aromatic carbocycles. The number of carbonyl (C=O) groups excluding carboxylic acids is 1. The zero-order valence-electron chi connectivity index (χ0n) is 13.6. The van der Waals surface area contributed by atoms with E-state index in [4.69, 9.17) is 16.1 Å². The maximum Gasteiger partial charge on any atom is 0.263 e. The Kier molecular flexibility index (Phi) is 4.97.